The quantitative estimate of drug-likeness (QED) is 0.696. The van der Waals surface area contributed by atoms with Crippen molar-refractivity contribution in [3.05, 3.63) is 71.8 Å². The summed E-state index contributed by atoms with van der Waals surface area (Å²) in [6.45, 7) is 5.20. The van der Waals surface area contributed by atoms with Crippen molar-refractivity contribution in [2.45, 2.75) is 39.4 Å². The van der Waals surface area contributed by atoms with Crippen LogP contribution in [0.15, 0.2) is 60.7 Å². The Morgan fingerprint density at radius 2 is 1.40 bits per heavy atom. The highest BCUT2D eigenvalue weighted by molar-refractivity contribution is 5.15. The van der Waals surface area contributed by atoms with E-state index in [1.807, 2.05) is 6.07 Å². The first-order valence-electron chi connectivity index (χ1n) is 7.49. The maximum atomic E-state index is 6.11. The highest BCUT2D eigenvalue weighted by Gasteiger charge is 2.16. The molecule has 0 radical (unpaired) electrons. The van der Waals surface area contributed by atoms with Crippen molar-refractivity contribution in [2.24, 2.45) is 5.92 Å². The first kappa shape index (κ1) is 14.8. The lowest BCUT2D eigenvalue weighted by atomic mass is 9.94. The molecule has 2 aromatic carbocycles. The topological polar surface area (TPSA) is 9.23 Å². The standard InChI is InChI=1S/C19H24O/c1-3-19(20-15-18-12-8-5-9-13-18)16(2)14-17-10-6-4-7-11-17/h4-13,16,19H,3,14-15H2,1-2H3/t16-,19+/m0/s1. The van der Waals surface area contributed by atoms with Gasteiger partial charge in [-0.2, -0.15) is 0 Å². The van der Waals surface area contributed by atoms with Gasteiger partial charge in [-0.25, -0.2) is 0 Å². The molecule has 2 rings (SSSR count). The van der Waals surface area contributed by atoms with Gasteiger partial charge in [-0.3, -0.25) is 0 Å². The van der Waals surface area contributed by atoms with E-state index in [0.717, 1.165) is 12.8 Å². The van der Waals surface area contributed by atoms with Crippen molar-refractivity contribution in [3.63, 3.8) is 0 Å². The van der Waals surface area contributed by atoms with Gasteiger partial charge in [0.2, 0.25) is 0 Å². The molecule has 106 valence electrons. The zero-order valence-electron chi connectivity index (χ0n) is 12.5. The minimum absolute atomic E-state index is 0.315. The fraction of sp³-hybridized carbons (Fsp3) is 0.368. The summed E-state index contributed by atoms with van der Waals surface area (Å²) in [5.74, 6) is 0.533. The molecule has 1 heteroatoms. The maximum absolute atomic E-state index is 6.11. The summed E-state index contributed by atoms with van der Waals surface area (Å²) in [4.78, 5) is 0. The minimum Gasteiger partial charge on any atom is -0.373 e. The number of hydrogen-bond acceptors (Lipinski definition) is 1. The van der Waals surface area contributed by atoms with Crippen LogP contribution < -0.4 is 0 Å². The molecule has 0 aromatic heterocycles. The normalized spacial score (nSPS) is 13.9. The van der Waals surface area contributed by atoms with Crippen molar-refractivity contribution in [2.75, 3.05) is 0 Å². The predicted octanol–water partition coefficient (Wildman–Crippen LogP) is 4.86. The summed E-state index contributed by atoms with van der Waals surface area (Å²) < 4.78 is 6.11. The van der Waals surface area contributed by atoms with E-state index in [1.54, 1.807) is 0 Å². The van der Waals surface area contributed by atoms with E-state index >= 15 is 0 Å². The molecule has 0 bridgehead atoms. The largest absolute Gasteiger partial charge is 0.373 e. The Labute approximate surface area is 122 Å². The molecule has 0 amide bonds. The van der Waals surface area contributed by atoms with Gasteiger partial charge in [0, 0.05) is 0 Å². The number of ether oxygens (including phenoxy) is 1. The molecule has 0 fully saturated rings. The van der Waals surface area contributed by atoms with E-state index < -0.39 is 0 Å². The van der Waals surface area contributed by atoms with Crippen LogP contribution in [0.5, 0.6) is 0 Å². The van der Waals surface area contributed by atoms with E-state index in [0.29, 0.717) is 18.6 Å². The van der Waals surface area contributed by atoms with E-state index in [9.17, 15) is 0 Å². The Hall–Kier alpha value is -1.60. The van der Waals surface area contributed by atoms with Gasteiger partial charge in [0.1, 0.15) is 0 Å². The van der Waals surface area contributed by atoms with E-state index in [1.165, 1.54) is 11.1 Å². The van der Waals surface area contributed by atoms with Crippen LogP contribution in [0.25, 0.3) is 0 Å². The lowest BCUT2D eigenvalue weighted by molar-refractivity contribution is 0.00354. The third-order valence-electron chi connectivity index (χ3n) is 3.74. The molecular formula is C19H24O. The summed E-state index contributed by atoms with van der Waals surface area (Å²) in [7, 11) is 0. The lowest BCUT2D eigenvalue weighted by Gasteiger charge is -2.23. The monoisotopic (exact) mass is 268 g/mol. The first-order chi connectivity index (χ1) is 9.79. The Morgan fingerprint density at radius 3 is 1.95 bits per heavy atom. The van der Waals surface area contributed by atoms with Crippen LogP contribution in [-0.2, 0) is 17.8 Å². The molecule has 0 aliphatic heterocycles. The van der Waals surface area contributed by atoms with Crippen LogP contribution in [0.1, 0.15) is 31.4 Å². The maximum Gasteiger partial charge on any atom is 0.0720 e. The molecule has 20 heavy (non-hydrogen) atoms. The average Bonchev–Trinajstić information content (AvgIpc) is 2.50. The molecule has 0 spiro atoms. The molecule has 2 atom stereocenters. The smallest absolute Gasteiger partial charge is 0.0720 e. The van der Waals surface area contributed by atoms with Crippen molar-refractivity contribution < 1.29 is 4.74 Å². The summed E-state index contributed by atoms with van der Waals surface area (Å²) in [6.07, 6.45) is 2.45. The van der Waals surface area contributed by atoms with Gasteiger partial charge < -0.3 is 4.74 Å². The summed E-state index contributed by atoms with van der Waals surface area (Å²) in [5.41, 5.74) is 2.64. The number of benzene rings is 2. The zero-order valence-corrected chi connectivity index (χ0v) is 12.5. The van der Waals surface area contributed by atoms with Crippen molar-refractivity contribution in [3.8, 4) is 0 Å². The van der Waals surface area contributed by atoms with Crippen LogP contribution in [0.4, 0.5) is 0 Å². The molecule has 2 aromatic rings. The second kappa shape index (κ2) is 7.86. The van der Waals surface area contributed by atoms with Gasteiger partial charge in [0.25, 0.3) is 0 Å². The van der Waals surface area contributed by atoms with Gasteiger partial charge in [-0.15, -0.1) is 0 Å². The Bertz CT molecular complexity index is 478. The molecular weight excluding hydrogens is 244 g/mol. The third-order valence-corrected chi connectivity index (χ3v) is 3.74. The zero-order chi connectivity index (χ0) is 14.2. The third kappa shape index (κ3) is 4.50. The molecule has 0 aliphatic rings. The second-order valence-corrected chi connectivity index (χ2v) is 5.41. The van der Waals surface area contributed by atoms with Crippen LogP contribution in [0.3, 0.4) is 0 Å². The van der Waals surface area contributed by atoms with E-state index in [2.05, 4.69) is 68.4 Å². The highest BCUT2D eigenvalue weighted by atomic mass is 16.5. The van der Waals surface area contributed by atoms with Crippen LogP contribution in [-0.4, -0.2) is 6.10 Å². The predicted molar refractivity (Wildman–Crippen MR) is 84.6 cm³/mol. The molecule has 0 aliphatic carbocycles. The molecule has 0 saturated heterocycles. The summed E-state index contributed by atoms with van der Waals surface area (Å²) in [6, 6.07) is 21.1. The fourth-order valence-electron chi connectivity index (χ4n) is 2.58. The SMILES string of the molecule is CC[C@@H](OCc1ccccc1)[C@@H](C)Cc1ccccc1. The molecule has 0 heterocycles. The van der Waals surface area contributed by atoms with Crippen LogP contribution in [0.2, 0.25) is 0 Å². The Morgan fingerprint density at radius 1 is 0.850 bits per heavy atom. The lowest BCUT2D eigenvalue weighted by Crippen LogP contribution is -2.22. The van der Waals surface area contributed by atoms with Crippen molar-refractivity contribution in [1.82, 2.24) is 0 Å². The molecule has 0 N–H and O–H groups in total. The molecule has 0 saturated carbocycles. The van der Waals surface area contributed by atoms with Crippen molar-refractivity contribution in [1.29, 1.82) is 0 Å². The fourth-order valence-corrected chi connectivity index (χ4v) is 2.58. The first-order valence-corrected chi connectivity index (χ1v) is 7.49. The Kier molecular flexibility index (Phi) is 5.82. The summed E-state index contributed by atoms with van der Waals surface area (Å²) in [5, 5.41) is 0. The van der Waals surface area contributed by atoms with Gasteiger partial charge >= 0.3 is 0 Å². The molecule has 1 nitrogen and oxygen atoms in total. The number of hydrogen-bond donors (Lipinski definition) is 0. The van der Waals surface area contributed by atoms with Gasteiger partial charge in [0.15, 0.2) is 0 Å². The van der Waals surface area contributed by atoms with Crippen LogP contribution in [0, 0.1) is 5.92 Å². The second-order valence-electron chi connectivity index (χ2n) is 5.41. The van der Waals surface area contributed by atoms with Crippen molar-refractivity contribution >= 4 is 0 Å². The summed E-state index contributed by atoms with van der Waals surface area (Å²) >= 11 is 0. The molecule has 0 unspecified atom stereocenters. The van der Waals surface area contributed by atoms with Gasteiger partial charge in [0.05, 0.1) is 12.7 Å². The minimum atomic E-state index is 0.315. The highest BCUT2D eigenvalue weighted by Crippen LogP contribution is 2.18. The van der Waals surface area contributed by atoms with Gasteiger partial charge in [-0.1, -0.05) is 74.5 Å². The van der Waals surface area contributed by atoms with Crippen LogP contribution >= 0.6 is 0 Å². The van der Waals surface area contributed by atoms with E-state index in [-0.39, 0.29) is 0 Å². The van der Waals surface area contributed by atoms with Gasteiger partial charge in [-0.05, 0) is 29.9 Å². The Balaban J connectivity index is 1.87. The number of rotatable bonds is 7. The average molecular weight is 268 g/mol. The van der Waals surface area contributed by atoms with E-state index in [4.69, 9.17) is 4.74 Å².